The van der Waals surface area contributed by atoms with E-state index >= 15 is 0 Å². The standard InChI is InChI=1S/C33H31N3O4/c1-22-6-4-7-23(18-22)21-40-28-15-11-26(12-16-28)31(37)29-30(25-9-13-27(14-10-25)35(2)3)36(33(39)32(29)38)20-24-8-5-17-34-19-24/h4-19,30,37H,20-21H2,1-3H3/b31-29+/t30-/m0/s1. The third kappa shape index (κ3) is 5.59. The molecule has 1 saturated heterocycles. The highest BCUT2D eigenvalue weighted by atomic mass is 16.5. The van der Waals surface area contributed by atoms with Crippen LogP contribution >= 0.6 is 0 Å². The number of rotatable bonds is 8. The number of hydrogen-bond acceptors (Lipinski definition) is 6. The van der Waals surface area contributed by atoms with E-state index < -0.39 is 17.7 Å². The fraction of sp³-hybridized carbons (Fsp3) is 0.182. The normalized spacial score (nSPS) is 16.3. The fourth-order valence-electron chi connectivity index (χ4n) is 4.87. The molecule has 0 unspecified atom stereocenters. The van der Waals surface area contributed by atoms with Crippen LogP contribution in [0.2, 0.25) is 0 Å². The third-order valence-electron chi connectivity index (χ3n) is 6.96. The summed E-state index contributed by atoms with van der Waals surface area (Å²) in [5.74, 6) is -0.974. The summed E-state index contributed by atoms with van der Waals surface area (Å²) in [7, 11) is 3.88. The van der Waals surface area contributed by atoms with E-state index in [4.69, 9.17) is 4.74 Å². The molecule has 4 aromatic rings. The zero-order chi connectivity index (χ0) is 28.2. The molecule has 1 amide bonds. The predicted molar refractivity (Wildman–Crippen MR) is 155 cm³/mol. The number of hydrogen-bond donors (Lipinski definition) is 1. The molecule has 1 fully saturated rings. The van der Waals surface area contributed by atoms with Crippen LogP contribution in [0.1, 0.15) is 33.9 Å². The van der Waals surface area contributed by atoms with Gasteiger partial charge in [-0.1, -0.05) is 48.0 Å². The van der Waals surface area contributed by atoms with Gasteiger partial charge in [0.25, 0.3) is 11.7 Å². The molecule has 7 heteroatoms. The van der Waals surface area contributed by atoms with Gasteiger partial charge in [0, 0.05) is 44.3 Å². The molecule has 1 aliphatic heterocycles. The molecule has 1 aromatic heterocycles. The molecule has 0 aliphatic carbocycles. The number of ketones is 1. The second-order valence-corrected chi connectivity index (χ2v) is 10.1. The van der Waals surface area contributed by atoms with Crippen LogP contribution in [0.25, 0.3) is 5.76 Å². The van der Waals surface area contributed by atoms with Crippen molar-refractivity contribution >= 4 is 23.1 Å². The molecular weight excluding hydrogens is 502 g/mol. The molecule has 2 heterocycles. The molecule has 7 nitrogen and oxygen atoms in total. The summed E-state index contributed by atoms with van der Waals surface area (Å²) in [5.41, 5.74) is 5.20. The Kier molecular flexibility index (Phi) is 7.64. The van der Waals surface area contributed by atoms with Gasteiger partial charge in [0.15, 0.2) is 0 Å². The number of carbonyl (C=O) groups is 2. The second kappa shape index (κ2) is 11.5. The maximum Gasteiger partial charge on any atom is 0.295 e. The van der Waals surface area contributed by atoms with Gasteiger partial charge in [-0.3, -0.25) is 14.6 Å². The Morgan fingerprint density at radius 3 is 2.33 bits per heavy atom. The van der Waals surface area contributed by atoms with E-state index in [9.17, 15) is 14.7 Å². The SMILES string of the molecule is Cc1cccc(COc2ccc(/C(O)=C3\C(=O)C(=O)N(Cc4cccnc4)[C@H]3c3ccc(N(C)C)cc3)cc2)c1. The van der Waals surface area contributed by atoms with Crippen molar-refractivity contribution in [3.63, 3.8) is 0 Å². The Bertz CT molecular complexity index is 1550. The minimum atomic E-state index is -0.756. The third-order valence-corrected chi connectivity index (χ3v) is 6.96. The van der Waals surface area contributed by atoms with E-state index in [-0.39, 0.29) is 17.9 Å². The van der Waals surface area contributed by atoms with Crippen LogP contribution in [0.15, 0.2) is 103 Å². The van der Waals surface area contributed by atoms with Gasteiger partial charge in [0.1, 0.15) is 18.1 Å². The summed E-state index contributed by atoms with van der Waals surface area (Å²) in [6.45, 7) is 2.63. The number of amides is 1. The smallest absolute Gasteiger partial charge is 0.295 e. The fourth-order valence-corrected chi connectivity index (χ4v) is 4.87. The summed E-state index contributed by atoms with van der Waals surface area (Å²) in [6.07, 6.45) is 3.32. The summed E-state index contributed by atoms with van der Waals surface area (Å²) in [6, 6.07) is 25.5. The summed E-state index contributed by atoms with van der Waals surface area (Å²) in [5, 5.41) is 11.4. The van der Waals surface area contributed by atoms with Crippen molar-refractivity contribution in [2.45, 2.75) is 26.1 Å². The Morgan fingerprint density at radius 1 is 0.950 bits per heavy atom. The second-order valence-electron chi connectivity index (χ2n) is 10.1. The number of aliphatic hydroxyl groups excluding tert-OH is 1. The lowest BCUT2D eigenvalue weighted by molar-refractivity contribution is -0.140. The van der Waals surface area contributed by atoms with Crippen molar-refractivity contribution in [2.75, 3.05) is 19.0 Å². The maximum absolute atomic E-state index is 13.4. The number of carbonyl (C=O) groups excluding carboxylic acids is 2. The topological polar surface area (TPSA) is 83.0 Å². The zero-order valence-corrected chi connectivity index (χ0v) is 22.7. The molecular formula is C33H31N3O4. The lowest BCUT2D eigenvalue weighted by Crippen LogP contribution is -2.29. The van der Waals surface area contributed by atoms with Gasteiger partial charge < -0.3 is 19.6 Å². The van der Waals surface area contributed by atoms with Gasteiger partial charge in [0.2, 0.25) is 0 Å². The molecule has 40 heavy (non-hydrogen) atoms. The van der Waals surface area contributed by atoms with Gasteiger partial charge in [0.05, 0.1) is 11.6 Å². The number of pyridine rings is 1. The highest BCUT2D eigenvalue weighted by Crippen LogP contribution is 2.40. The summed E-state index contributed by atoms with van der Waals surface area (Å²) in [4.78, 5) is 34.3. The van der Waals surface area contributed by atoms with Gasteiger partial charge in [-0.05, 0) is 66.1 Å². The minimum Gasteiger partial charge on any atom is -0.507 e. The summed E-state index contributed by atoms with van der Waals surface area (Å²) >= 11 is 0. The molecule has 3 aromatic carbocycles. The Labute approximate surface area is 234 Å². The van der Waals surface area contributed by atoms with Crippen LogP contribution < -0.4 is 9.64 Å². The number of nitrogens with zero attached hydrogens (tertiary/aromatic N) is 3. The Hall–Kier alpha value is -4.91. The van der Waals surface area contributed by atoms with Crippen molar-refractivity contribution in [2.24, 2.45) is 0 Å². The number of likely N-dealkylation sites (tertiary alicyclic amines) is 1. The molecule has 202 valence electrons. The first kappa shape index (κ1) is 26.7. The quantitative estimate of drug-likeness (QED) is 0.179. The van der Waals surface area contributed by atoms with Crippen molar-refractivity contribution in [3.8, 4) is 5.75 Å². The molecule has 1 atom stereocenters. The zero-order valence-electron chi connectivity index (χ0n) is 22.7. The van der Waals surface area contributed by atoms with Crippen LogP contribution in [0, 0.1) is 6.92 Å². The van der Waals surface area contributed by atoms with E-state index in [0.29, 0.717) is 17.9 Å². The molecule has 0 radical (unpaired) electrons. The number of aromatic nitrogens is 1. The monoisotopic (exact) mass is 533 g/mol. The average Bonchev–Trinajstić information content (AvgIpc) is 3.21. The van der Waals surface area contributed by atoms with E-state index in [1.807, 2.05) is 74.4 Å². The minimum absolute atomic E-state index is 0.0555. The number of aryl methyl sites for hydroxylation is 1. The maximum atomic E-state index is 13.4. The van der Waals surface area contributed by atoms with E-state index in [1.165, 1.54) is 4.90 Å². The van der Waals surface area contributed by atoms with Crippen LogP contribution in [-0.4, -0.2) is 40.8 Å². The Morgan fingerprint density at radius 2 is 1.68 bits per heavy atom. The number of anilines is 1. The van der Waals surface area contributed by atoms with E-state index in [1.54, 1.807) is 42.7 Å². The number of ether oxygens (including phenoxy) is 1. The first-order valence-electron chi connectivity index (χ1n) is 13.0. The first-order chi connectivity index (χ1) is 19.3. The number of aliphatic hydroxyl groups is 1. The van der Waals surface area contributed by atoms with Crippen LogP contribution in [0.5, 0.6) is 5.75 Å². The molecule has 1 aliphatic rings. The Balaban J connectivity index is 1.48. The first-order valence-corrected chi connectivity index (χ1v) is 13.0. The van der Waals surface area contributed by atoms with Crippen molar-refractivity contribution < 1.29 is 19.4 Å². The van der Waals surface area contributed by atoms with Crippen molar-refractivity contribution in [3.05, 3.63) is 131 Å². The lowest BCUT2D eigenvalue weighted by Gasteiger charge is -2.26. The van der Waals surface area contributed by atoms with Crippen LogP contribution in [0.3, 0.4) is 0 Å². The highest BCUT2D eigenvalue weighted by Gasteiger charge is 2.46. The molecule has 5 rings (SSSR count). The van der Waals surface area contributed by atoms with Crippen LogP contribution in [0.4, 0.5) is 5.69 Å². The number of Topliss-reactive ketones (excluding diaryl/α,β-unsaturated/α-hetero) is 1. The molecule has 1 N–H and O–H groups in total. The van der Waals surface area contributed by atoms with Gasteiger partial charge in [-0.2, -0.15) is 0 Å². The average molecular weight is 534 g/mol. The van der Waals surface area contributed by atoms with Crippen molar-refractivity contribution in [1.29, 1.82) is 0 Å². The van der Waals surface area contributed by atoms with Gasteiger partial charge >= 0.3 is 0 Å². The summed E-state index contributed by atoms with van der Waals surface area (Å²) < 4.78 is 5.91. The van der Waals surface area contributed by atoms with Crippen molar-refractivity contribution in [1.82, 2.24) is 9.88 Å². The largest absolute Gasteiger partial charge is 0.507 e. The van der Waals surface area contributed by atoms with Gasteiger partial charge in [-0.15, -0.1) is 0 Å². The molecule has 0 spiro atoms. The predicted octanol–water partition coefficient (Wildman–Crippen LogP) is 5.66. The molecule has 0 saturated carbocycles. The lowest BCUT2D eigenvalue weighted by atomic mass is 9.95. The van der Waals surface area contributed by atoms with E-state index in [0.717, 1.165) is 27.9 Å². The van der Waals surface area contributed by atoms with Crippen LogP contribution in [-0.2, 0) is 22.7 Å². The van der Waals surface area contributed by atoms with Gasteiger partial charge in [-0.25, -0.2) is 0 Å². The van der Waals surface area contributed by atoms with E-state index in [2.05, 4.69) is 11.1 Å². The highest BCUT2D eigenvalue weighted by molar-refractivity contribution is 6.46. The molecule has 0 bridgehead atoms. The number of benzene rings is 3.